The van der Waals surface area contributed by atoms with Crippen molar-refractivity contribution in [1.29, 1.82) is 0 Å². The molecule has 0 atom stereocenters. The third-order valence-corrected chi connectivity index (χ3v) is 2.52. The third-order valence-electron chi connectivity index (χ3n) is 1.65. The molecule has 15 heavy (non-hydrogen) atoms. The molecule has 1 heterocycles. The number of carbonyl (C=O) groups excluding carboxylic acids is 1. The number of nitrogens with zero attached hydrogens (tertiary/aromatic N) is 1. The fraction of sp³-hybridized carbons (Fsp3) is 0.500. The Hall–Kier alpha value is -0.950. The van der Waals surface area contributed by atoms with Gasteiger partial charge in [0.25, 0.3) is 0 Å². The van der Waals surface area contributed by atoms with Crippen LogP contribution in [0, 0.1) is 0 Å². The fourth-order valence-electron chi connectivity index (χ4n) is 0.916. The van der Waals surface area contributed by atoms with Crippen LogP contribution < -0.4 is 5.73 Å². The lowest BCUT2D eigenvalue weighted by atomic mass is 10.2. The van der Waals surface area contributed by atoms with E-state index in [-0.39, 0.29) is 12.2 Å². The van der Waals surface area contributed by atoms with E-state index in [1.54, 1.807) is 0 Å². The van der Waals surface area contributed by atoms with Crippen molar-refractivity contribution in [2.45, 2.75) is 25.6 Å². The first-order valence-electron chi connectivity index (χ1n) is 4.17. The predicted molar refractivity (Wildman–Crippen MR) is 49.6 cm³/mol. The van der Waals surface area contributed by atoms with Gasteiger partial charge in [0.15, 0.2) is 5.78 Å². The van der Waals surface area contributed by atoms with Gasteiger partial charge in [0, 0.05) is 18.3 Å². The minimum atomic E-state index is -4.30. The van der Waals surface area contributed by atoms with E-state index in [1.807, 2.05) is 0 Å². The van der Waals surface area contributed by atoms with E-state index in [4.69, 9.17) is 5.73 Å². The summed E-state index contributed by atoms with van der Waals surface area (Å²) in [7, 11) is 0. The maximum atomic E-state index is 11.8. The first-order chi connectivity index (χ1) is 6.92. The molecule has 0 saturated heterocycles. The Labute approximate surface area is 88.1 Å². The number of nitrogens with two attached hydrogens (primary N) is 1. The van der Waals surface area contributed by atoms with Gasteiger partial charge in [-0.1, -0.05) is 0 Å². The van der Waals surface area contributed by atoms with Gasteiger partial charge in [0.05, 0.1) is 6.42 Å². The molecule has 0 radical (unpaired) electrons. The van der Waals surface area contributed by atoms with Crippen molar-refractivity contribution in [2.75, 3.05) is 0 Å². The number of carbonyl (C=O) groups is 1. The average molecular weight is 238 g/mol. The highest BCUT2D eigenvalue weighted by Gasteiger charge is 2.28. The van der Waals surface area contributed by atoms with Gasteiger partial charge in [-0.25, -0.2) is 4.98 Å². The minimum Gasteiger partial charge on any atom is -0.325 e. The molecule has 84 valence electrons. The molecule has 3 nitrogen and oxygen atoms in total. The molecule has 0 unspecified atom stereocenters. The van der Waals surface area contributed by atoms with Gasteiger partial charge in [-0.2, -0.15) is 13.2 Å². The van der Waals surface area contributed by atoms with Gasteiger partial charge < -0.3 is 5.73 Å². The number of Topliss-reactive ketones (excluding diaryl/α,β-unsaturated/α-hetero) is 1. The second kappa shape index (κ2) is 4.71. The number of hydrogen-bond acceptors (Lipinski definition) is 4. The van der Waals surface area contributed by atoms with Crippen LogP contribution in [0.4, 0.5) is 13.2 Å². The summed E-state index contributed by atoms with van der Waals surface area (Å²) in [6, 6.07) is 0. The summed E-state index contributed by atoms with van der Waals surface area (Å²) in [6.07, 6.45) is -5.97. The predicted octanol–water partition coefficient (Wildman–Crippen LogP) is 2.13. The summed E-state index contributed by atoms with van der Waals surface area (Å²) in [5, 5.41) is 1.98. The van der Waals surface area contributed by atoms with Gasteiger partial charge in [0.2, 0.25) is 0 Å². The molecule has 2 N–H and O–H groups in total. The van der Waals surface area contributed by atoms with Crippen molar-refractivity contribution in [3.63, 3.8) is 0 Å². The number of ketones is 1. The van der Waals surface area contributed by atoms with Crippen molar-refractivity contribution < 1.29 is 18.0 Å². The smallest absolute Gasteiger partial charge is 0.325 e. The number of alkyl halides is 3. The van der Waals surface area contributed by atoms with Crippen molar-refractivity contribution >= 4 is 17.1 Å². The van der Waals surface area contributed by atoms with Crippen LogP contribution in [0.5, 0.6) is 0 Å². The summed E-state index contributed by atoms with van der Waals surface area (Å²) in [5.74, 6) is -0.594. The largest absolute Gasteiger partial charge is 0.389 e. The zero-order valence-corrected chi connectivity index (χ0v) is 8.49. The minimum absolute atomic E-state index is 0.0738. The molecule has 1 aromatic rings. The van der Waals surface area contributed by atoms with E-state index >= 15 is 0 Å². The Balaban J connectivity index is 2.54. The highest BCUT2D eigenvalue weighted by molar-refractivity contribution is 7.09. The van der Waals surface area contributed by atoms with E-state index in [2.05, 4.69) is 4.98 Å². The number of aromatic nitrogens is 1. The molecule has 0 aromatic carbocycles. The molecule has 0 spiro atoms. The first-order valence-corrected chi connectivity index (χ1v) is 5.05. The lowest BCUT2D eigenvalue weighted by Crippen LogP contribution is -2.11. The van der Waals surface area contributed by atoms with Crippen molar-refractivity contribution in [3.8, 4) is 0 Å². The van der Waals surface area contributed by atoms with Crippen LogP contribution in [0.25, 0.3) is 0 Å². The van der Waals surface area contributed by atoms with E-state index in [9.17, 15) is 18.0 Å². The summed E-state index contributed by atoms with van der Waals surface area (Å²) in [4.78, 5) is 15.0. The second-order valence-electron chi connectivity index (χ2n) is 2.87. The van der Waals surface area contributed by atoms with Gasteiger partial charge in [0.1, 0.15) is 10.7 Å². The summed E-state index contributed by atoms with van der Waals surface area (Å²) in [6.45, 7) is 0.192. The van der Waals surface area contributed by atoms with Gasteiger partial charge in [-0.15, -0.1) is 11.3 Å². The van der Waals surface area contributed by atoms with Crippen molar-refractivity contribution in [2.24, 2.45) is 5.73 Å². The molecule has 0 bridgehead atoms. The topological polar surface area (TPSA) is 56.0 Å². The Morgan fingerprint density at radius 2 is 2.20 bits per heavy atom. The zero-order valence-electron chi connectivity index (χ0n) is 7.67. The van der Waals surface area contributed by atoms with Crippen LogP contribution in [0.3, 0.4) is 0 Å². The Morgan fingerprint density at radius 1 is 1.53 bits per heavy atom. The first kappa shape index (κ1) is 12.1. The zero-order chi connectivity index (χ0) is 11.5. The standard InChI is InChI=1S/C8H9F3N2OS/c9-8(10,11)2-1-6(14)5-4-15-7(3-12)13-5/h4H,1-3,12H2. The molecule has 0 aliphatic carbocycles. The van der Waals surface area contributed by atoms with E-state index < -0.39 is 24.8 Å². The molecule has 1 rings (SSSR count). The highest BCUT2D eigenvalue weighted by Crippen LogP contribution is 2.22. The molecule has 0 aliphatic heterocycles. The Morgan fingerprint density at radius 3 is 2.67 bits per heavy atom. The normalized spacial score (nSPS) is 11.7. The maximum absolute atomic E-state index is 11.8. The van der Waals surface area contributed by atoms with Gasteiger partial charge in [-0.05, 0) is 0 Å². The number of thiazole rings is 1. The third kappa shape index (κ3) is 3.96. The highest BCUT2D eigenvalue weighted by atomic mass is 32.1. The number of halogens is 3. The Kier molecular flexibility index (Phi) is 3.81. The van der Waals surface area contributed by atoms with Crippen molar-refractivity contribution in [1.82, 2.24) is 4.98 Å². The lowest BCUT2D eigenvalue weighted by Gasteiger charge is -2.03. The summed E-state index contributed by atoms with van der Waals surface area (Å²) in [5.41, 5.74) is 5.34. The molecule has 0 amide bonds. The van der Waals surface area contributed by atoms with Crippen LogP contribution >= 0.6 is 11.3 Å². The second-order valence-corrected chi connectivity index (χ2v) is 3.81. The van der Waals surface area contributed by atoms with Gasteiger partial charge in [-0.3, -0.25) is 4.79 Å². The molecule has 0 aliphatic rings. The average Bonchev–Trinajstić information content (AvgIpc) is 2.61. The van der Waals surface area contributed by atoms with E-state index in [0.717, 1.165) is 0 Å². The monoisotopic (exact) mass is 238 g/mol. The van der Waals surface area contributed by atoms with E-state index in [1.165, 1.54) is 16.7 Å². The Bertz CT molecular complexity index is 348. The molecule has 0 saturated carbocycles. The van der Waals surface area contributed by atoms with Crippen molar-refractivity contribution in [3.05, 3.63) is 16.1 Å². The molecular weight excluding hydrogens is 229 g/mol. The maximum Gasteiger partial charge on any atom is 0.389 e. The molecule has 0 fully saturated rings. The molecule has 1 aromatic heterocycles. The summed E-state index contributed by atoms with van der Waals surface area (Å²) >= 11 is 1.17. The molecule has 7 heteroatoms. The number of rotatable bonds is 4. The van der Waals surface area contributed by atoms with Crippen LogP contribution in [0.15, 0.2) is 5.38 Å². The van der Waals surface area contributed by atoms with Crippen LogP contribution in [-0.2, 0) is 6.54 Å². The lowest BCUT2D eigenvalue weighted by molar-refractivity contribution is -0.133. The van der Waals surface area contributed by atoms with Crippen LogP contribution in [0.1, 0.15) is 28.3 Å². The van der Waals surface area contributed by atoms with Gasteiger partial charge >= 0.3 is 6.18 Å². The molecular formula is C8H9F3N2OS. The fourth-order valence-corrected chi connectivity index (χ4v) is 1.60. The quantitative estimate of drug-likeness (QED) is 0.817. The SMILES string of the molecule is NCc1nc(C(=O)CCC(F)(F)F)cs1. The van der Waals surface area contributed by atoms with Crippen LogP contribution in [0.2, 0.25) is 0 Å². The van der Waals surface area contributed by atoms with Crippen LogP contribution in [-0.4, -0.2) is 16.9 Å². The number of hydrogen-bond donors (Lipinski definition) is 1. The van der Waals surface area contributed by atoms with E-state index in [0.29, 0.717) is 5.01 Å². The summed E-state index contributed by atoms with van der Waals surface area (Å²) < 4.78 is 35.4.